The van der Waals surface area contributed by atoms with Crippen LogP contribution in [0.1, 0.15) is 20.8 Å². The Morgan fingerprint density at radius 3 is 2.09 bits per heavy atom. The van der Waals surface area contributed by atoms with Gasteiger partial charge in [-0.3, -0.25) is 4.90 Å². The zero-order valence-electron chi connectivity index (χ0n) is 7.45. The van der Waals surface area contributed by atoms with Gasteiger partial charge in [-0.15, -0.1) is 0 Å². The van der Waals surface area contributed by atoms with E-state index in [1.165, 1.54) is 0 Å². The van der Waals surface area contributed by atoms with Crippen molar-refractivity contribution in [3.8, 4) is 0 Å². The Kier molecular flexibility index (Phi) is 3.22. The van der Waals surface area contributed by atoms with Gasteiger partial charge >= 0.3 is 0 Å². The minimum atomic E-state index is 0.337. The van der Waals surface area contributed by atoms with Gasteiger partial charge in [-0.25, -0.2) is 0 Å². The fraction of sp³-hybridized carbons (Fsp3) is 1.00. The first-order valence-corrected chi connectivity index (χ1v) is 4.68. The standard InChI is InChI=1S/C8H17NOS/c1-6-4-10-5-7(2)9(6)8(3)11/h6-8,11H,4-5H2,1-3H3. The summed E-state index contributed by atoms with van der Waals surface area (Å²) in [5.74, 6) is 0. The van der Waals surface area contributed by atoms with Gasteiger partial charge in [0.2, 0.25) is 0 Å². The quantitative estimate of drug-likeness (QED) is 0.604. The van der Waals surface area contributed by atoms with Crippen LogP contribution in [0.5, 0.6) is 0 Å². The second-order valence-electron chi connectivity index (χ2n) is 3.31. The highest BCUT2D eigenvalue weighted by atomic mass is 32.1. The van der Waals surface area contributed by atoms with Crippen LogP contribution in [0.25, 0.3) is 0 Å². The molecule has 0 saturated carbocycles. The number of morpholine rings is 1. The van der Waals surface area contributed by atoms with E-state index in [2.05, 4.69) is 38.3 Å². The molecule has 0 N–H and O–H groups in total. The van der Waals surface area contributed by atoms with Crippen LogP contribution >= 0.6 is 12.6 Å². The zero-order chi connectivity index (χ0) is 8.43. The largest absolute Gasteiger partial charge is 0.378 e. The smallest absolute Gasteiger partial charge is 0.0620 e. The third-order valence-electron chi connectivity index (χ3n) is 2.17. The number of hydrogen-bond acceptors (Lipinski definition) is 3. The van der Waals surface area contributed by atoms with Crippen molar-refractivity contribution in [2.24, 2.45) is 0 Å². The Morgan fingerprint density at radius 2 is 1.82 bits per heavy atom. The summed E-state index contributed by atoms with van der Waals surface area (Å²) >= 11 is 4.43. The van der Waals surface area contributed by atoms with E-state index in [0.29, 0.717) is 17.5 Å². The SMILES string of the molecule is CC(S)N1C(C)COCC1C. The second-order valence-corrected chi connectivity index (χ2v) is 4.06. The van der Waals surface area contributed by atoms with E-state index in [0.717, 1.165) is 13.2 Å². The fourth-order valence-electron chi connectivity index (χ4n) is 1.75. The molecule has 0 aliphatic carbocycles. The predicted octanol–water partition coefficient (Wildman–Crippen LogP) is 1.37. The van der Waals surface area contributed by atoms with Gasteiger partial charge < -0.3 is 4.74 Å². The van der Waals surface area contributed by atoms with Gasteiger partial charge in [-0.2, -0.15) is 12.6 Å². The third-order valence-corrected chi connectivity index (χ3v) is 2.43. The Morgan fingerprint density at radius 1 is 1.36 bits per heavy atom. The van der Waals surface area contributed by atoms with E-state index in [-0.39, 0.29) is 0 Å². The topological polar surface area (TPSA) is 12.5 Å². The predicted molar refractivity (Wildman–Crippen MR) is 50.0 cm³/mol. The molecule has 1 aliphatic heterocycles. The first-order valence-electron chi connectivity index (χ1n) is 4.16. The molecule has 3 unspecified atom stereocenters. The van der Waals surface area contributed by atoms with Crippen LogP contribution in [0.4, 0.5) is 0 Å². The minimum Gasteiger partial charge on any atom is -0.378 e. The number of ether oxygens (including phenoxy) is 1. The maximum atomic E-state index is 5.40. The molecule has 0 bridgehead atoms. The second kappa shape index (κ2) is 3.78. The molecular weight excluding hydrogens is 158 g/mol. The summed E-state index contributed by atoms with van der Waals surface area (Å²) in [6.45, 7) is 8.16. The summed E-state index contributed by atoms with van der Waals surface area (Å²) in [5.41, 5.74) is 0. The van der Waals surface area contributed by atoms with Gasteiger partial charge in [-0.05, 0) is 20.8 Å². The summed E-state index contributed by atoms with van der Waals surface area (Å²) in [4.78, 5) is 2.38. The number of nitrogens with zero attached hydrogens (tertiary/aromatic N) is 1. The van der Waals surface area contributed by atoms with E-state index in [1.807, 2.05) is 0 Å². The molecule has 0 aromatic carbocycles. The van der Waals surface area contributed by atoms with Crippen molar-refractivity contribution in [3.63, 3.8) is 0 Å². The fourth-order valence-corrected chi connectivity index (χ4v) is 2.21. The lowest BCUT2D eigenvalue weighted by atomic mass is 10.2. The van der Waals surface area contributed by atoms with Crippen molar-refractivity contribution >= 4 is 12.6 Å². The van der Waals surface area contributed by atoms with E-state index in [9.17, 15) is 0 Å². The summed E-state index contributed by atoms with van der Waals surface area (Å²) < 4.78 is 5.40. The van der Waals surface area contributed by atoms with Crippen LogP contribution < -0.4 is 0 Å². The molecule has 1 rings (SSSR count). The summed E-state index contributed by atoms with van der Waals surface area (Å²) in [6, 6.07) is 1.01. The highest BCUT2D eigenvalue weighted by Crippen LogP contribution is 2.17. The molecule has 1 heterocycles. The first kappa shape index (κ1) is 9.36. The summed E-state index contributed by atoms with van der Waals surface area (Å²) in [7, 11) is 0. The molecule has 0 aromatic rings. The molecular formula is C8H17NOS. The molecule has 11 heavy (non-hydrogen) atoms. The molecule has 3 heteroatoms. The lowest BCUT2D eigenvalue weighted by Gasteiger charge is -2.40. The average Bonchev–Trinajstić information content (AvgIpc) is 1.85. The van der Waals surface area contributed by atoms with Gasteiger partial charge in [0.25, 0.3) is 0 Å². The molecule has 0 spiro atoms. The Bertz CT molecular complexity index is 119. The third kappa shape index (κ3) is 2.10. The van der Waals surface area contributed by atoms with E-state index < -0.39 is 0 Å². The van der Waals surface area contributed by atoms with Crippen LogP contribution in [0.15, 0.2) is 0 Å². The monoisotopic (exact) mass is 175 g/mol. The van der Waals surface area contributed by atoms with E-state index in [1.54, 1.807) is 0 Å². The number of rotatable bonds is 1. The molecule has 2 nitrogen and oxygen atoms in total. The lowest BCUT2D eigenvalue weighted by Crippen LogP contribution is -2.51. The van der Waals surface area contributed by atoms with Gasteiger partial charge in [0.05, 0.1) is 18.6 Å². The van der Waals surface area contributed by atoms with Crippen molar-refractivity contribution in [2.45, 2.75) is 38.2 Å². The van der Waals surface area contributed by atoms with Crippen LogP contribution in [-0.4, -0.2) is 35.6 Å². The molecule has 0 radical (unpaired) electrons. The van der Waals surface area contributed by atoms with Gasteiger partial charge in [-0.1, -0.05) is 0 Å². The van der Waals surface area contributed by atoms with Crippen molar-refractivity contribution in [3.05, 3.63) is 0 Å². The van der Waals surface area contributed by atoms with Crippen LogP contribution in [0.2, 0.25) is 0 Å². The van der Waals surface area contributed by atoms with Crippen LogP contribution in [0.3, 0.4) is 0 Å². The van der Waals surface area contributed by atoms with Gasteiger partial charge in [0.15, 0.2) is 0 Å². The maximum absolute atomic E-state index is 5.40. The van der Waals surface area contributed by atoms with E-state index in [4.69, 9.17) is 4.74 Å². The van der Waals surface area contributed by atoms with Crippen LogP contribution in [-0.2, 0) is 4.74 Å². The first-order chi connectivity index (χ1) is 5.13. The molecule has 1 fully saturated rings. The summed E-state index contributed by atoms with van der Waals surface area (Å²) in [5, 5.41) is 0.337. The Balaban J connectivity index is 2.55. The molecule has 0 aromatic heterocycles. The highest BCUT2D eigenvalue weighted by molar-refractivity contribution is 7.80. The van der Waals surface area contributed by atoms with Crippen molar-refractivity contribution in [1.29, 1.82) is 0 Å². The van der Waals surface area contributed by atoms with E-state index >= 15 is 0 Å². The number of thiol groups is 1. The Labute approximate surface area is 74.3 Å². The van der Waals surface area contributed by atoms with Gasteiger partial charge in [0, 0.05) is 12.1 Å². The average molecular weight is 175 g/mol. The van der Waals surface area contributed by atoms with Crippen molar-refractivity contribution in [1.82, 2.24) is 4.90 Å². The molecule has 66 valence electrons. The van der Waals surface area contributed by atoms with Crippen molar-refractivity contribution in [2.75, 3.05) is 13.2 Å². The molecule has 0 amide bonds. The van der Waals surface area contributed by atoms with Gasteiger partial charge in [0.1, 0.15) is 0 Å². The summed E-state index contributed by atoms with van der Waals surface area (Å²) in [6.07, 6.45) is 0. The van der Waals surface area contributed by atoms with Crippen LogP contribution in [0, 0.1) is 0 Å². The Hall–Kier alpha value is 0.270. The molecule has 1 saturated heterocycles. The molecule has 1 aliphatic rings. The minimum absolute atomic E-state index is 0.337. The maximum Gasteiger partial charge on any atom is 0.0620 e. The highest BCUT2D eigenvalue weighted by Gasteiger charge is 2.27. The molecule has 3 atom stereocenters. The lowest BCUT2D eigenvalue weighted by molar-refractivity contribution is -0.0393. The normalized spacial score (nSPS) is 37.1. The number of hydrogen-bond donors (Lipinski definition) is 1. The zero-order valence-corrected chi connectivity index (χ0v) is 8.34. The van der Waals surface area contributed by atoms with Crippen molar-refractivity contribution < 1.29 is 4.74 Å².